The van der Waals surface area contributed by atoms with E-state index < -0.39 is 0 Å². The molecule has 0 saturated carbocycles. The van der Waals surface area contributed by atoms with Crippen molar-refractivity contribution in [1.82, 2.24) is 10.4 Å². The minimum atomic E-state index is -0.137. The molecular formula is C14H14N2O3. The highest BCUT2D eigenvalue weighted by molar-refractivity contribution is 6.24. The van der Waals surface area contributed by atoms with Crippen LogP contribution >= 0.6 is 0 Å². The normalized spacial score (nSPS) is 19.9. The minimum absolute atomic E-state index is 0.133. The summed E-state index contributed by atoms with van der Waals surface area (Å²) in [4.78, 5) is 24.3. The number of nitrogens with one attached hydrogen (secondary N) is 1. The summed E-state index contributed by atoms with van der Waals surface area (Å²) in [6, 6.07) is 6.89. The van der Waals surface area contributed by atoms with Crippen LogP contribution in [0.15, 0.2) is 36.0 Å². The number of allylic oxidation sites excluding steroid dienone is 2. The molecule has 0 spiro atoms. The number of hydrogen-bond acceptors (Lipinski definition) is 5. The smallest absolute Gasteiger partial charge is 0.211 e. The Labute approximate surface area is 110 Å². The lowest BCUT2D eigenvalue weighted by Crippen LogP contribution is -2.47. The molecule has 2 aliphatic rings. The topological polar surface area (TPSA) is 58.6 Å². The van der Waals surface area contributed by atoms with Crippen molar-refractivity contribution in [1.29, 1.82) is 0 Å². The first kappa shape index (κ1) is 12.1. The highest BCUT2D eigenvalue weighted by Crippen LogP contribution is 2.20. The van der Waals surface area contributed by atoms with Gasteiger partial charge >= 0.3 is 0 Å². The molecule has 1 aromatic rings. The molecular weight excluding hydrogens is 244 g/mol. The molecule has 98 valence electrons. The first-order valence-corrected chi connectivity index (χ1v) is 6.25. The number of carbonyl (C=O) groups is 2. The Bertz CT molecular complexity index is 560. The number of ether oxygens (including phenoxy) is 1. The van der Waals surface area contributed by atoms with E-state index in [9.17, 15) is 9.59 Å². The zero-order valence-electron chi connectivity index (χ0n) is 10.4. The van der Waals surface area contributed by atoms with Crippen LogP contribution in [0.25, 0.3) is 0 Å². The Morgan fingerprint density at radius 1 is 1.05 bits per heavy atom. The number of ketones is 2. The van der Waals surface area contributed by atoms with Crippen molar-refractivity contribution in [3.63, 3.8) is 0 Å². The Morgan fingerprint density at radius 3 is 2.47 bits per heavy atom. The van der Waals surface area contributed by atoms with Gasteiger partial charge < -0.3 is 10.2 Å². The van der Waals surface area contributed by atoms with E-state index in [0.717, 1.165) is 0 Å². The SMILES string of the molecule is O=C1C=C(NN2CCOCC2)C(=O)c2ccccc21. The van der Waals surface area contributed by atoms with Crippen LogP contribution in [-0.4, -0.2) is 42.9 Å². The van der Waals surface area contributed by atoms with E-state index in [1.165, 1.54) is 6.08 Å². The summed E-state index contributed by atoms with van der Waals surface area (Å²) in [5.41, 5.74) is 4.30. The van der Waals surface area contributed by atoms with Gasteiger partial charge in [0.2, 0.25) is 5.78 Å². The van der Waals surface area contributed by atoms with Crippen molar-refractivity contribution < 1.29 is 14.3 Å². The monoisotopic (exact) mass is 258 g/mol. The second-order valence-corrected chi connectivity index (χ2v) is 4.51. The highest BCUT2D eigenvalue weighted by atomic mass is 16.5. The van der Waals surface area contributed by atoms with Crippen LogP contribution in [0.1, 0.15) is 20.7 Å². The zero-order valence-corrected chi connectivity index (χ0v) is 10.4. The third kappa shape index (κ3) is 2.30. The van der Waals surface area contributed by atoms with Gasteiger partial charge in [-0.2, -0.15) is 0 Å². The molecule has 3 rings (SSSR count). The summed E-state index contributed by atoms with van der Waals surface area (Å²) in [5, 5.41) is 1.90. The molecule has 1 fully saturated rings. The summed E-state index contributed by atoms with van der Waals surface area (Å²) >= 11 is 0. The van der Waals surface area contributed by atoms with Gasteiger partial charge in [-0.25, -0.2) is 5.01 Å². The molecule has 1 aliphatic heterocycles. The second kappa shape index (κ2) is 4.95. The van der Waals surface area contributed by atoms with Gasteiger partial charge in [0.15, 0.2) is 5.78 Å². The maximum Gasteiger partial charge on any atom is 0.211 e. The lowest BCUT2D eigenvalue weighted by Gasteiger charge is -2.29. The van der Waals surface area contributed by atoms with Gasteiger partial charge in [-0.15, -0.1) is 0 Å². The van der Waals surface area contributed by atoms with Gasteiger partial charge in [0.1, 0.15) is 5.70 Å². The lowest BCUT2D eigenvalue weighted by atomic mass is 9.93. The van der Waals surface area contributed by atoms with E-state index in [1.54, 1.807) is 24.3 Å². The van der Waals surface area contributed by atoms with Gasteiger partial charge in [-0.3, -0.25) is 9.59 Å². The van der Waals surface area contributed by atoms with Crippen molar-refractivity contribution in [3.8, 4) is 0 Å². The average Bonchev–Trinajstić information content (AvgIpc) is 2.46. The molecule has 0 unspecified atom stereocenters. The quantitative estimate of drug-likeness (QED) is 0.849. The van der Waals surface area contributed by atoms with E-state index in [1.807, 2.05) is 5.01 Å². The summed E-state index contributed by atoms with van der Waals surface area (Å²) in [5.74, 6) is -0.271. The predicted octanol–water partition coefficient (Wildman–Crippen LogP) is 0.786. The third-order valence-electron chi connectivity index (χ3n) is 3.25. The molecule has 5 heteroatoms. The minimum Gasteiger partial charge on any atom is -0.379 e. The predicted molar refractivity (Wildman–Crippen MR) is 68.7 cm³/mol. The summed E-state index contributed by atoms with van der Waals surface area (Å²) in [7, 11) is 0. The number of nitrogens with zero attached hydrogens (tertiary/aromatic N) is 1. The standard InChI is InChI=1S/C14H14N2O3/c17-13-9-12(15-16-5-7-19-8-6-16)14(18)11-4-2-1-3-10(11)13/h1-4,9,15H,5-8H2. The van der Waals surface area contributed by atoms with E-state index in [2.05, 4.69) is 5.43 Å². The molecule has 1 N–H and O–H groups in total. The first-order chi connectivity index (χ1) is 9.25. The first-order valence-electron chi connectivity index (χ1n) is 6.25. The van der Waals surface area contributed by atoms with Crippen molar-refractivity contribution in [3.05, 3.63) is 47.2 Å². The highest BCUT2D eigenvalue weighted by Gasteiger charge is 2.26. The van der Waals surface area contributed by atoms with Gasteiger partial charge in [-0.05, 0) is 0 Å². The Morgan fingerprint density at radius 2 is 1.74 bits per heavy atom. The number of benzene rings is 1. The van der Waals surface area contributed by atoms with Gasteiger partial charge in [0, 0.05) is 30.3 Å². The molecule has 0 atom stereocenters. The second-order valence-electron chi connectivity index (χ2n) is 4.51. The summed E-state index contributed by atoms with van der Waals surface area (Å²) in [6.07, 6.45) is 1.38. The Hall–Kier alpha value is -1.98. The lowest BCUT2D eigenvalue weighted by molar-refractivity contribution is 0.0182. The molecule has 19 heavy (non-hydrogen) atoms. The average molecular weight is 258 g/mol. The fourth-order valence-corrected chi connectivity index (χ4v) is 2.24. The fraction of sp³-hybridized carbons (Fsp3) is 0.286. The van der Waals surface area contributed by atoms with Gasteiger partial charge in [0.25, 0.3) is 0 Å². The molecule has 1 aromatic carbocycles. The zero-order chi connectivity index (χ0) is 13.2. The maximum absolute atomic E-state index is 12.3. The number of morpholine rings is 1. The van der Waals surface area contributed by atoms with Crippen molar-refractivity contribution in [2.24, 2.45) is 0 Å². The van der Waals surface area contributed by atoms with Crippen LogP contribution in [0.3, 0.4) is 0 Å². The molecule has 5 nitrogen and oxygen atoms in total. The summed E-state index contributed by atoms with van der Waals surface area (Å²) in [6.45, 7) is 2.64. The van der Waals surface area contributed by atoms with Crippen LogP contribution < -0.4 is 5.43 Å². The number of carbonyl (C=O) groups excluding carboxylic acids is 2. The van der Waals surface area contributed by atoms with Crippen molar-refractivity contribution >= 4 is 11.6 Å². The van der Waals surface area contributed by atoms with E-state index >= 15 is 0 Å². The van der Waals surface area contributed by atoms with Crippen LogP contribution in [0.5, 0.6) is 0 Å². The largest absolute Gasteiger partial charge is 0.379 e. The number of hydrogen-bond donors (Lipinski definition) is 1. The molecule has 1 aliphatic carbocycles. The molecule has 1 heterocycles. The van der Waals surface area contributed by atoms with Crippen LogP contribution in [0, 0.1) is 0 Å². The van der Waals surface area contributed by atoms with Crippen LogP contribution in [0.4, 0.5) is 0 Å². The molecule has 0 radical (unpaired) electrons. The molecule has 1 saturated heterocycles. The molecule has 0 aromatic heterocycles. The Balaban J connectivity index is 1.84. The summed E-state index contributed by atoms with van der Waals surface area (Å²) < 4.78 is 5.24. The van der Waals surface area contributed by atoms with Gasteiger partial charge in [0.05, 0.1) is 13.2 Å². The number of Topliss-reactive ketones (excluding diaryl/α,β-unsaturated/α-hetero) is 1. The number of rotatable bonds is 2. The fourth-order valence-electron chi connectivity index (χ4n) is 2.24. The van der Waals surface area contributed by atoms with E-state index in [0.29, 0.717) is 43.1 Å². The Kier molecular flexibility index (Phi) is 3.15. The third-order valence-corrected chi connectivity index (χ3v) is 3.25. The van der Waals surface area contributed by atoms with Crippen molar-refractivity contribution in [2.75, 3.05) is 26.3 Å². The maximum atomic E-state index is 12.3. The van der Waals surface area contributed by atoms with E-state index in [4.69, 9.17) is 4.74 Å². The van der Waals surface area contributed by atoms with E-state index in [-0.39, 0.29) is 11.6 Å². The number of fused-ring (bicyclic) bond motifs is 1. The number of hydrazine groups is 1. The van der Waals surface area contributed by atoms with Gasteiger partial charge in [-0.1, -0.05) is 24.3 Å². The van der Waals surface area contributed by atoms with Crippen molar-refractivity contribution in [2.45, 2.75) is 0 Å². The molecule has 0 amide bonds. The van der Waals surface area contributed by atoms with Crippen LogP contribution in [-0.2, 0) is 4.74 Å². The van der Waals surface area contributed by atoms with Crippen LogP contribution in [0.2, 0.25) is 0 Å². The molecule has 0 bridgehead atoms.